The first kappa shape index (κ1) is 23.7. The maximum Gasteiger partial charge on any atom is 0.341 e. The lowest BCUT2D eigenvalue weighted by atomic mass is 9.96. The molecule has 0 aliphatic rings. The van der Waals surface area contributed by atoms with Crippen molar-refractivity contribution in [2.75, 3.05) is 18.1 Å². The van der Waals surface area contributed by atoms with Gasteiger partial charge in [-0.25, -0.2) is 14.9 Å². The van der Waals surface area contributed by atoms with Crippen LogP contribution in [0.5, 0.6) is 0 Å². The number of anilines is 1. The fraction of sp³-hybridized carbons (Fsp3) is 0.231. The molecule has 0 saturated carbocycles. The number of aromatic nitrogens is 5. The van der Waals surface area contributed by atoms with Crippen LogP contribution in [0.4, 0.5) is 5.82 Å². The van der Waals surface area contributed by atoms with E-state index in [0.717, 1.165) is 29.7 Å². The van der Waals surface area contributed by atoms with Gasteiger partial charge in [0, 0.05) is 24.8 Å². The molecule has 0 saturated heterocycles. The van der Waals surface area contributed by atoms with Gasteiger partial charge in [0.05, 0.1) is 6.61 Å². The molecular weight excluding hydrogens is 444 g/mol. The topological polar surface area (TPSA) is 114 Å². The van der Waals surface area contributed by atoms with E-state index < -0.39 is 0 Å². The van der Waals surface area contributed by atoms with E-state index in [-0.39, 0.29) is 17.6 Å². The molecule has 0 bridgehead atoms. The molecule has 9 nitrogen and oxygen atoms in total. The summed E-state index contributed by atoms with van der Waals surface area (Å²) in [5, 5.41) is 13.3. The van der Waals surface area contributed by atoms with Gasteiger partial charge < -0.3 is 9.64 Å². The summed E-state index contributed by atoms with van der Waals surface area (Å²) in [4.78, 5) is 31.9. The molecule has 0 aliphatic carbocycles. The van der Waals surface area contributed by atoms with E-state index in [9.17, 15) is 9.59 Å². The number of carbonyl (C=O) groups is 2. The van der Waals surface area contributed by atoms with Gasteiger partial charge in [0.25, 0.3) is 0 Å². The monoisotopic (exact) mass is 470 g/mol. The van der Waals surface area contributed by atoms with Crippen molar-refractivity contribution < 1.29 is 14.3 Å². The van der Waals surface area contributed by atoms with E-state index in [2.05, 4.69) is 37.4 Å². The minimum absolute atomic E-state index is 0.0945. The van der Waals surface area contributed by atoms with Crippen molar-refractivity contribution in [1.29, 1.82) is 0 Å². The number of nitrogens with zero attached hydrogens (tertiary/aromatic N) is 5. The Morgan fingerprint density at radius 2 is 1.74 bits per heavy atom. The van der Waals surface area contributed by atoms with Crippen LogP contribution in [0.1, 0.15) is 52.4 Å². The van der Waals surface area contributed by atoms with Crippen molar-refractivity contribution in [3.63, 3.8) is 0 Å². The number of hydrogen-bond acceptors (Lipinski definition) is 8. The number of benzene rings is 2. The second-order valence-electron chi connectivity index (χ2n) is 7.84. The minimum atomic E-state index is -0.379. The Morgan fingerprint density at radius 3 is 2.46 bits per heavy atom. The normalized spacial score (nSPS) is 10.7. The summed E-state index contributed by atoms with van der Waals surface area (Å²) < 4.78 is 5.22. The fourth-order valence-electron chi connectivity index (χ4n) is 3.87. The summed E-state index contributed by atoms with van der Waals surface area (Å²) in [6, 6.07) is 18.8. The maximum atomic E-state index is 12.9. The third kappa shape index (κ3) is 5.40. The Morgan fingerprint density at radius 1 is 0.971 bits per heavy atom. The average molecular weight is 471 g/mol. The van der Waals surface area contributed by atoms with Gasteiger partial charge in [-0.05, 0) is 52.6 Å². The Balaban J connectivity index is 1.59. The number of esters is 1. The molecule has 35 heavy (non-hydrogen) atoms. The van der Waals surface area contributed by atoms with Gasteiger partial charge in [-0.15, -0.1) is 5.10 Å². The van der Waals surface area contributed by atoms with Gasteiger partial charge in [0.15, 0.2) is 0 Å². The average Bonchev–Trinajstić information content (AvgIpc) is 3.44. The van der Waals surface area contributed by atoms with E-state index in [1.165, 1.54) is 0 Å². The Bertz CT molecular complexity index is 1290. The first-order chi connectivity index (χ1) is 17.1. The Hall–Kier alpha value is -4.40. The third-order valence-corrected chi connectivity index (χ3v) is 5.45. The molecule has 178 valence electrons. The standard InChI is InChI=1S/C26H26N6O3/c1-3-16-32(25-22(10-7-15-27-25)26(34)35-4-2)17-18-11-13-19(14-12-18)20-8-5-6-9-21(20)23(33)24-28-30-31-29-24/h5-15H,3-4,16-17H2,1-2H3,(H,28,29,30,31). The smallest absolute Gasteiger partial charge is 0.341 e. The van der Waals surface area contributed by atoms with Crippen molar-refractivity contribution in [3.8, 4) is 11.1 Å². The van der Waals surface area contributed by atoms with Crippen molar-refractivity contribution in [1.82, 2.24) is 25.6 Å². The van der Waals surface area contributed by atoms with Crippen LogP contribution in [0.25, 0.3) is 11.1 Å². The highest BCUT2D eigenvalue weighted by atomic mass is 16.5. The van der Waals surface area contributed by atoms with Crippen LogP contribution in [-0.4, -0.2) is 50.5 Å². The van der Waals surface area contributed by atoms with Crippen LogP contribution in [0.2, 0.25) is 0 Å². The summed E-state index contributed by atoms with van der Waals surface area (Å²) in [5.41, 5.74) is 3.70. The number of hydrogen-bond donors (Lipinski definition) is 1. The zero-order valence-electron chi connectivity index (χ0n) is 19.6. The molecule has 2 aromatic heterocycles. The molecule has 0 unspecified atom stereocenters. The van der Waals surface area contributed by atoms with E-state index >= 15 is 0 Å². The van der Waals surface area contributed by atoms with Gasteiger partial charge in [-0.2, -0.15) is 0 Å². The second-order valence-corrected chi connectivity index (χ2v) is 7.84. The zero-order chi connectivity index (χ0) is 24.6. The number of ketones is 1. The van der Waals surface area contributed by atoms with Crippen LogP contribution in [-0.2, 0) is 11.3 Å². The molecule has 0 spiro atoms. The van der Waals surface area contributed by atoms with Crippen LogP contribution in [0.3, 0.4) is 0 Å². The van der Waals surface area contributed by atoms with Gasteiger partial charge in [0.1, 0.15) is 11.4 Å². The molecule has 9 heteroatoms. The summed E-state index contributed by atoms with van der Waals surface area (Å²) in [6.07, 6.45) is 2.57. The zero-order valence-corrected chi connectivity index (χ0v) is 19.6. The minimum Gasteiger partial charge on any atom is -0.462 e. The molecule has 4 aromatic rings. The maximum absolute atomic E-state index is 12.9. The summed E-state index contributed by atoms with van der Waals surface area (Å²) >= 11 is 0. The number of aromatic amines is 1. The largest absolute Gasteiger partial charge is 0.462 e. The van der Waals surface area contributed by atoms with Crippen molar-refractivity contribution in [2.45, 2.75) is 26.8 Å². The molecule has 0 atom stereocenters. The molecule has 0 radical (unpaired) electrons. The number of ether oxygens (including phenoxy) is 1. The predicted molar refractivity (Wildman–Crippen MR) is 131 cm³/mol. The fourth-order valence-corrected chi connectivity index (χ4v) is 3.87. The highest BCUT2D eigenvalue weighted by molar-refractivity contribution is 6.10. The molecule has 2 aromatic carbocycles. The van der Waals surface area contributed by atoms with Crippen molar-refractivity contribution in [2.24, 2.45) is 0 Å². The molecule has 1 N–H and O–H groups in total. The number of tetrazole rings is 1. The quantitative estimate of drug-likeness (QED) is 0.272. The van der Waals surface area contributed by atoms with Gasteiger partial charge in [0.2, 0.25) is 11.6 Å². The van der Waals surface area contributed by atoms with Crippen molar-refractivity contribution in [3.05, 3.63) is 89.4 Å². The Kier molecular flexibility index (Phi) is 7.57. The third-order valence-electron chi connectivity index (χ3n) is 5.45. The summed E-state index contributed by atoms with van der Waals surface area (Å²) in [6.45, 7) is 5.48. The van der Waals surface area contributed by atoms with Crippen LogP contribution in [0.15, 0.2) is 66.9 Å². The lowest BCUT2D eigenvalue weighted by Crippen LogP contribution is -2.27. The van der Waals surface area contributed by atoms with Gasteiger partial charge in [-0.1, -0.05) is 55.5 Å². The second kappa shape index (κ2) is 11.1. The highest BCUT2D eigenvalue weighted by Crippen LogP contribution is 2.27. The van der Waals surface area contributed by atoms with Crippen molar-refractivity contribution >= 4 is 17.6 Å². The molecule has 0 fully saturated rings. The number of nitrogens with one attached hydrogen (secondary N) is 1. The van der Waals surface area contributed by atoms with E-state index in [1.54, 1.807) is 31.3 Å². The number of rotatable bonds is 10. The highest BCUT2D eigenvalue weighted by Gasteiger charge is 2.20. The lowest BCUT2D eigenvalue weighted by molar-refractivity contribution is 0.0526. The number of pyridine rings is 1. The predicted octanol–water partition coefficient (Wildman–Crippen LogP) is 4.09. The van der Waals surface area contributed by atoms with E-state index in [4.69, 9.17) is 4.74 Å². The lowest BCUT2D eigenvalue weighted by Gasteiger charge is -2.25. The van der Waals surface area contributed by atoms with Gasteiger partial charge >= 0.3 is 5.97 Å². The molecular formula is C26H26N6O3. The molecule has 4 rings (SSSR count). The number of H-pyrrole nitrogens is 1. The van der Waals surface area contributed by atoms with Gasteiger partial charge in [-0.3, -0.25) is 4.79 Å². The van der Waals surface area contributed by atoms with E-state index in [0.29, 0.717) is 30.1 Å². The van der Waals surface area contributed by atoms with E-state index in [1.807, 2.05) is 42.5 Å². The molecule has 0 amide bonds. The number of carbonyl (C=O) groups excluding carboxylic acids is 2. The first-order valence-electron chi connectivity index (χ1n) is 11.5. The first-order valence-corrected chi connectivity index (χ1v) is 11.5. The Labute approximate surface area is 203 Å². The molecule has 0 aliphatic heterocycles. The van der Waals surface area contributed by atoms with Crippen LogP contribution in [0, 0.1) is 0 Å². The SMILES string of the molecule is CCCN(Cc1ccc(-c2ccccc2C(=O)c2nnn[nH]2)cc1)c1ncccc1C(=O)OCC. The summed E-state index contributed by atoms with van der Waals surface area (Å²) in [5.74, 6) is 0.0475. The van der Waals surface area contributed by atoms with Crippen LogP contribution < -0.4 is 4.90 Å². The van der Waals surface area contributed by atoms with Crippen LogP contribution >= 0.6 is 0 Å². The molecule has 2 heterocycles. The summed E-state index contributed by atoms with van der Waals surface area (Å²) in [7, 11) is 0.